The van der Waals surface area contributed by atoms with Gasteiger partial charge in [-0.15, -0.1) is 0 Å². The van der Waals surface area contributed by atoms with Crippen molar-refractivity contribution >= 4 is 0 Å². The lowest BCUT2D eigenvalue weighted by molar-refractivity contribution is -0.589. The van der Waals surface area contributed by atoms with Gasteiger partial charge in [0.1, 0.15) is 11.5 Å². The third-order valence-electron chi connectivity index (χ3n) is 2.85. The lowest BCUT2D eigenvalue weighted by Crippen LogP contribution is -3.61. The van der Waals surface area contributed by atoms with E-state index in [1.807, 2.05) is 12.1 Å². The zero-order valence-electron chi connectivity index (χ0n) is 9.66. The van der Waals surface area contributed by atoms with E-state index in [1.54, 1.807) is 14.2 Å². The van der Waals surface area contributed by atoms with Crippen molar-refractivity contribution in [2.45, 2.75) is 0 Å². The molecule has 0 atom stereocenters. The molecule has 0 bridgehead atoms. The molecular formula is C14H12IO2+. The molecule has 2 aromatic carbocycles. The Hall–Kier alpha value is -1.23. The first kappa shape index (κ1) is 10.9. The fraction of sp³-hybridized carbons (Fsp3) is 0.143. The van der Waals surface area contributed by atoms with Crippen LogP contribution in [-0.2, 0) is 0 Å². The van der Waals surface area contributed by atoms with E-state index in [-0.39, 0.29) is 21.2 Å². The molecule has 1 aliphatic heterocycles. The Bertz CT molecular complexity index is 527. The van der Waals surface area contributed by atoms with Crippen LogP contribution in [0, 0.1) is 7.14 Å². The highest BCUT2D eigenvalue weighted by molar-refractivity contribution is 5.66. The van der Waals surface area contributed by atoms with E-state index in [0.717, 1.165) is 11.5 Å². The van der Waals surface area contributed by atoms with Crippen LogP contribution < -0.4 is 30.7 Å². The predicted molar refractivity (Wildman–Crippen MR) is 62.4 cm³/mol. The molecule has 1 heterocycles. The molecule has 2 nitrogen and oxygen atoms in total. The van der Waals surface area contributed by atoms with Crippen LogP contribution >= 0.6 is 0 Å². The second-order valence-corrected chi connectivity index (χ2v) is 6.65. The number of benzene rings is 2. The third kappa shape index (κ3) is 1.78. The third-order valence-corrected chi connectivity index (χ3v) is 5.79. The van der Waals surface area contributed by atoms with Gasteiger partial charge in [-0.3, -0.25) is 0 Å². The highest BCUT2D eigenvalue weighted by Crippen LogP contribution is 2.27. The maximum absolute atomic E-state index is 5.28. The summed E-state index contributed by atoms with van der Waals surface area (Å²) >= 11 is -0.103. The molecule has 2 aromatic rings. The van der Waals surface area contributed by atoms with Gasteiger partial charge in [0.2, 0.25) is 7.14 Å². The highest BCUT2D eigenvalue weighted by Gasteiger charge is 2.34. The number of rotatable bonds is 2. The van der Waals surface area contributed by atoms with Gasteiger partial charge in [-0.2, -0.15) is 0 Å². The molecule has 3 rings (SSSR count). The molecule has 0 N–H and O–H groups in total. The average molecular weight is 339 g/mol. The molecule has 0 fully saturated rings. The Morgan fingerprint density at radius 2 is 1.24 bits per heavy atom. The number of methoxy groups -OCH3 is 2. The predicted octanol–water partition coefficient (Wildman–Crippen LogP) is -0.187. The van der Waals surface area contributed by atoms with Gasteiger partial charge in [-0.05, 0) is 24.3 Å². The summed E-state index contributed by atoms with van der Waals surface area (Å²) in [6.07, 6.45) is 0. The van der Waals surface area contributed by atoms with Gasteiger partial charge in [0.15, 0.2) is 0 Å². The number of ether oxygens (including phenoxy) is 2. The second kappa shape index (κ2) is 4.22. The maximum atomic E-state index is 5.28. The molecule has 3 heteroatoms. The van der Waals surface area contributed by atoms with Crippen LogP contribution in [0.2, 0.25) is 0 Å². The lowest BCUT2D eigenvalue weighted by Gasteiger charge is -2.00. The molecule has 0 saturated heterocycles. The van der Waals surface area contributed by atoms with Crippen LogP contribution in [0.1, 0.15) is 0 Å². The molecule has 0 saturated carbocycles. The molecule has 1 aliphatic rings. The Morgan fingerprint density at radius 1 is 0.765 bits per heavy atom. The van der Waals surface area contributed by atoms with Crippen LogP contribution in [0.4, 0.5) is 0 Å². The van der Waals surface area contributed by atoms with Crippen molar-refractivity contribution in [1.82, 2.24) is 0 Å². The SMILES string of the molecule is COc1ccc2c(c1)[I+]c1cc(OC)ccc1-2. The average Bonchev–Trinajstić information content (AvgIpc) is 2.74. The number of halogens is 1. The quantitative estimate of drug-likeness (QED) is 0.603. The normalized spacial score (nSPS) is 11.9. The summed E-state index contributed by atoms with van der Waals surface area (Å²) in [4.78, 5) is 0. The molecule has 0 unspecified atom stereocenters. The highest BCUT2D eigenvalue weighted by atomic mass is 127. The fourth-order valence-electron chi connectivity index (χ4n) is 1.95. The Morgan fingerprint density at radius 3 is 1.65 bits per heavy atom. The molecule has 17 heavy (non-hydrogen) atoms. The van der Waals surface area contributed by atoms with Crippen molar-refractivity contribution in [2.24, 2.45) is 0 Å². The van der Waals surface area contributed by atoms with Crippen molar-refractivity contribution < 1.29 is 30.7 Å². The second-order valence-electron chi connectivity index (χ2n) is 3.79. The van der Waals surface area contributed by atoms with E-state index in [2.05, 4.69) is 24.3 Å². The Balaban J connectivity index is 2.10. The fourth-order valence-corrected chi connectivity index (χ4v) is 5.02. The molecule has 0 aliphatic carbocycles. The van der Waals surface area contributed by atoms with Crippen molar-refractivity contribution in [3.63, 3.8) is 0 Å². The molecule has 0 aromatic heterocycles. The van der Waals surface area contributed by atoms with Crippen LogP contribution in [-0.4, -0.2) is 14.2 Å². The van der Waals surface area contributed by atoms with Crippen LogP contribution in [0.25, 0.3) is 11.1 Å². The lowest BCUT2D eigenvalue weighted by atomic mass is 10.1. The number of hydrogen-bond acceptors (Lipinski definition) is 2. The van der Waals surface area contributed by atoms with E-state index in [4.69, 9.17) is 9.47 Å². The zero-order chi connectivity index (χ0) is 11.8. The summed E-state index contributed by atoms with van der Waals surface area (Å²) in [5, 5.41) is 0. The Kier molecular flexibility index (Phi) is 2.70. The van der Waals surface area contributed by atoms with Gasteiger partial charge >= 0.3 is 21.2 Å². The minimum Gasteiger partial charge on any atom is -0.497 e. The summed E-state index contributed by atoms with van der Waals surface area (Å²) in [7, 11) is 3.43. The summed E-state index contributed by atoms with van der Waals surface area (Å²) < 4.78 is 13.4. The van der Waals surface area contributed by atoms with Crippen molar-refractivity contribution in [2.75, 3.05) is 14.2 Å². The van der Waals surface area contributed by atoms with Crippen LogP contribution in [0.15, 0.2) is 36.4 Å². The van der Waals surface area contributed by atoms with Crippen molar-refractivity contribution in [3.05, 3.63) is 43.5 Å². The van der Waals surface area contributed by atoms with E-state index >= 15 is 0 Å². The summed E-state index contributed by atoms with van der Waals surface area (Å²) in [6, 6.07) is 12.7. The van der Waals surface area contributed by atoms with Gasteiger partial charge in [-0.25, -0.2) is 0 Å². The van der Waals surface area contributed by atoms with E-state index in [9.17, 15) is 0 Å². The van der Waals surface area contributed by atoms with Crippen LogP contribution in [0.3, 0.4) is 0 Å². The monoisotopic (exact) mass is 339 g/mol. The van der Waals surface area contributed by atoms with Crippen molar-refractivity contribution in [1.29, 1.82) is 0 Å². The van der Waals surface area contributed by atoms with Gasteiger partial charge < -0.3 is 9.47 Å². The van der Waals surface area contributed by atoms with Gasteiger partial charge in [0.25, 0.3) is 0 Å². The molecule has 0 radical (unpaired) electrons. The summed E-state index contributed by atoms with van der Waals surface area (Å²) in [6.45, 7) is 0. The van der Waals surface area contributed by atoms with Gasteiger partial charge in [0, 0.05) is 23.3 Å². The van der Waals surface area contributed by atoms with E-state index < -0.39 is 0 Å². The first-order valence-corrected chi connectivity index (χ1v) is 7.49. The maximum Gasteiger partial charge on any atom is 0.359 e. The smallest absolute Gasteiger partial charge is 0.359 e. The first-order chi connectivity index (χ1) is 8.31. The number of fused-ring (bicyclic) bond motifs is 3. The standard InChI is InChI=1S/C14H12IO2/c1-16-9-3-5-11-12-6-4-10(17-2)8-14(12)15-13(11)7-9/h3-8H,1-2H3/q+1. The largest absolute Gasteiger partial charge is 0.497 e. The van der Waals surface area contributed by atoms with E-state index in [0.29, 0.717) is 0 Å². The van der Waals surface area contributed by atoms with Gasteiger partial charge in [-0.1, -0.05) is 0 Å². The number of hydrogen-bond donors (Lipinski definition) is 0. The first-order valence-electron chi connectivity index (χ1n) is 5.33. The molecule has 0 spiro atoms. The summed E-state index contributed by atoms with van der Waals surface area (Å²) in [5.74, 6) is 1.89. The topological polar surface area (TPSA) is 18.5 Å². The molecule has 0 amide bonds. The van der Waals surface area contributed by atoms with Crippen molar-refractivity contribution in [3.8, 4) is 22.6 Å². The zero-order valence-corrected chi connectivity index (χ0v) is 11.8. The van der Waals surface area contributed by atoms with Crippen LogP contribution in [0.5, 0.6) is 11.5 Å². The Labute approximate surface area is 111 Å². The van der Waals surface area contributed by atoms with E-state index in [1.165, 1.54) is 18.3 Å². The minimum atomic E-state index is -0.103. The molecular weight excluding hydrogens is 327 g/mol. The molecule has 86 valence electrons. The minimum absolute atomic E-state index is 0.103. The van der Waals surface area contributed by atoms with Gasteiger partial charge in [0.05, 0.1) is 14.2 Å². The summed E-state index contributed by atoms with van der Waals surface area (Å²) in [5.41, 5.74) is 2.72.